The summed E-state index contributed by atoms with van der Waals surface area (Å²) in [6.45, 7) is 2.07. The van der Waals surface area contributed by atoms with Crippen molar-refractivity contribution in [3.05, 3.63) is 59.5 Å². The van der Waals surface area contributed by atoms with Gasteiger partial charge >= 0.3 is 0 Å². The lowest BCUT2D eigenvalue weighted by Crippen LogP contribution is -2.19. The Balaban J connectivity index is 1.40. The highest BCUT2D eigenvalue weighted by Gasteiger charge is 2.08. The van der Waals surface area contributed by atoms with Crippen molar-refractivity contribution in [1.82, 2.24) is 15.6 Å². The van der Waals surface area contributed by atoms with Gasteiger partial charge in [-0.3, -0.25) is 4.79 Å². The molecular formula is C17H16N4O2S3. The van der Waals surface area contributed by atoms with Crippen LogP contribution in [0.15, 0.2) is 60.9 Å². The van der Waals surface area contributed by atoms with Crippen LogP contribution >= 0.6 is 34.9 Å². The highest BCUT2D eigenvalue weighted by molar-refractivity contribution is 8.03. The first kappa shape index (κ1) is 18.7. The number of aryl methyl sites for hydroxylation is 1. The SMILES string of the molecule is Cc1ccc(CSc2nnc(SCC(=O)NN=Cc3ccco3)s2)cc1. The molecule has 9 heteroatoms. The number of carbonyl (C=O) groups excluding carboxylic acids is 1. The van der Waals surface area contributed by atoms with Crippen molar-refractivity contribution in [2.45, 2.75) is 21.4 Å². The van der Waals surface area contributed by atoms with Gasteiger partial charge in [-0.25, -0.2) is 5.43 Å². The van der Waals surface area contributed by atoms with Crippen molar-refractivity contribution in [3.63, 3.8) is 0 Å². The standard InChI is InChI=1S/C17H16N4O2S3/c1-12-4-6-13(7-5-12)10-24-16-20-21-17(26-16)25-11-15(22)19-18-9-14-3-2-8-23-14/h2-9H,10-11H2,1H3,(H,19,22). The van der Waals surface area contributed by atoms with E-state index >= 15 is 0 Å². The fraction of sp³-hybridized carbons (Fsp3) is 0.176. The number of carbonyl (C=O) groups is 1. The van der Waals surface area contributed by atoms with E-state index in [4.69, 9.17) is 4.42 Å². The zero-order chi connectivity index (χ0) is 18.2. The Morgan fingerprint density at radius 3 is 2.73 bits per heavy atom. The maximum absolute atomic E-state index is 11.8. The quantitative estimate of drug-likeness (QED) is 0.348. The van der Waals surface area contributed by atoms with Crippen molar-refractivity contribution in [3.8, 4) is 0 Å². The molecule has 0 spiro atoms. The van der Waals surface area contributed by atoms with Crippen LogP contribution in [-0.4, -0.2) is 28.1 Å². The van der Waals surface area contributed by atoms with E-state index in [9.17, 15) is 4.79 Å². The molecule has 0 aliphatic heterocycles. The number of thioether (sulfide) groups is 2. The summed E-state index contributed by atoms with van der Waals surface area (Å²) >= 11 is 4.48. The first-order valence-electron chi connectivity index (χ1n) is 7.69. The topological polar surface area (TPSA) is 80.4 Å². The van der Waals surface area contributed by atoms with Crippen LogP contribution in [0.5, 0.6) is 0 Å². The third-order valence-electron chi connectivity index (χ3n) is 3.12. The molecular weight excluding hydrogens is 388 g/mol. The molecule has 2 heterocycles. The number of aromatic nitrogens is 2. The summed E-state index contributed by atoms with van der Waals surface area (Å²) in [6, 6.07) is 11.9. The Labute approximate surface area is 163 Å². The van der Waals surface area contributed by atoms with E-state index in [1.165, 1.54) is 40.4 Å². The van der Waals surface area contributed by atoms with E-state index < -0.39 is 0 Å². The molecule has 26 heavy (non-hydrogen) atoms. The summed E-state index contributed by atoms with van der Waals surface area (Å²) in [5, 5.41) is 12.1. The second kappa shape index (κ2) is 9.56. The zero-order valence-electron chi connectivity index (χ0n) is 13.9. The number of hydrogen-bond acceptors (Lipinski definition) is 8. The van der Waals surface area contributed by atoms with Gasteiger partial charge in [0.25, 0.3) is 5.91 Å². The molecule has 0 radical (unpaired) electrons. The number of rotatable bonds is 8. The molecule has 0 fully saturated rings. The van der Waals surface area contributed by atoms with Crippen LogP contribution in [0.1, 0.15) is 16.9 Å². The van der Waals surface area contributed by atoms with Crippen molar-refractivity contribution in [2.24, 2.45) is 5.10 Å². The van der Waals surface area contributed by atoms with Gasteiger partial charge in [0.2, 0.25) is 0 Å². The van der Waals surface area contributed by atoms with Crippen LogP contribution in [0, 0.1) is 6.92 Å². The maximum atomic E-state index is 11.8. The Morgan fingerprint density at radius 2 is 2.00 bits per heavy atom. The van der Waals surface area contributed by atoms with Crippen molar-refractivity contribution < 1.29 is 9.21 Å². The first-order valence-corrected chi connectivity index (χ1v) is 10.5. The van der Waals surface area contributed by atoms with E-state index in [0.29, 0.717) is 5.76 Å². The van der Waals surface area contributed by atoms with Crippen LogP contribution in [0.25, 0.3) is 0 Å². The van der Waals surface area contributed by atoms with Crippen LogP contribution in [0.3, 0.4) is 0 Å². The van der Waals surface area contributed by atoms with E-state index in [1.807, 2.05) is 0 Å². The molecule has 1 N–H and O–H groups in total. The summed E-state index contributed by atoms with van der Waals surface area (Å²) in [6.07, 6.45) is 3.00. The minimum absolute atomic E-state index is 0.207. The van der Waals surface area contributed by atoms with Gasteiger partial charge in [-0.05, 0) is 24.6 Å². The molecule has 0 unspecified atom stereocenters. The lowest BCUT2D eigenvalue weighted by atomic mass is 10.2. The molecule has 3 aromatic rings. The first-order chi connectivity index (χ1) is 12.7. The number of hydrogen-bond donors (Lipinski definition) is 1. The number of furan rings is 1. The van der Waals surface area contributed by atoms with E-state index in [2.05, 4.69) is 51.9 Å². The largest absolute Gasteiger partial charge is 0.463 e. The van der Waals surface area contributed by atoms with Gasteiger partial charge in [-0.15, -0.1) is 10.2 Å². The monoisotopic (exact) mass is 404 g/mol. The van der Waals surface area contributed by atoms with Crippen molar-refractivity contribution in [2.75, 3.05) is 5.75 Å². The number of nitrogens with one attached hydrogen (secondary N) is 1. The smallest absolute Gasteiger partial charge is 0.250 e. The number of amides is 1. The highest BCUT2D eigenvalue weighted by atomic mass is 32.2. The summed E-state index contributed by atoms with van der Waals surface area (Å²) in [7, 11) is 0. The molecule has 6 nitrogen and oxygen atoms in total. The number of hydrazone groups is 1. The van der Waals surface area contributed by atoms with Crippen LogP contribution < -0.4 is 5.43 Å². The van der Waals surface area contributed by atoms with Gasteiger partial charge in [-0.2, -0.15) is 5.10 Å². The Bertz CT molecular complexity index is 861. The van der Waals surface area contributed by atoms with Gasteiger partial charge in [0.1, 0.15) is 5.76 Å². The van der Waals surface area contributed by atoms with Crippen molar-refractivity contribution in [1.29, 1.82) is 0 Å². The lowest BCUT2D eigenvalue weighted by molar-refractivity contribution is -0.118. The Kier molecular flexibility index (Phi) is 6.87. The molecule has 0 atom stereocenters. The number of nitrogens with zero attached hydrogens (tertiary/aromatic N) is 3. The van der Waals surface area contributed by atoms with Crippen molar-refractivity contribution >= 4 is 47.0 Å². The van der Waals surface area contributed by atoms with Crippen LogP contribution in [0.2, 0.25) is 0 Å². The van der Waals surface area contributed by atoms with Gasteiger partial charge in [-0.1, -0.05) is 64.7 Å². The molecule has 2 aromatic heterocycles. The van der Waals surface area contributed by atoms with E-state index in [0.717, 1.165) is 14.4 Å². The molecule has 0 saturated heterocycles. The third kappa shape index (κ3) is 6.01. The summed E-state index contributed by atoms with van der Waals surface area (Å²) in [4.78, 5) is 11.8. The minimum atomic E-state index is -0.207. The summed E-state index contributed by atoms with van der Waals surface area (Å²) in [5.74, 6) is 1.45. The summed E-state index contributed by atoms with van der Waals surface area (Å²) < 4.78 is 6.74. The molecule has 134 valence electrons. The molecule has 3 rings (SSSR count). The van der Waals surface area contributed by atoms with Gasteiger partial charge in [0, 0.05) is 5.75 Å². The van der Waals surface area contributed by atoms with Gasteiger partial charge in [0.15, 0.2) is 8.68 Å². The fourth-order valence-electron chi connectivity index (χ4n) is 1.84. The second-order valence-corrected chi connectivity index (χ2v) is 8.63. The second-order valence-electron chi connectivity index (χ2n) is 5.21. The molecule has 1 amide bonds. The molecule has 0 aliphatic carbocycles. The maximum Gasteiger partial charge on any atom is 0.250 e. The average molecular weight is 405 g/mol. The lowest BCUT2D eigenvalue weighted by Gasteiger charge is -1.99. The summed E-state index contributed by atoms with van der Waals surface area (Å²) in [5.41, 5.74) is 4.95. The fourth-order valence-corrected chi connectivity index (χ4v) is 4.60. The van der Waals surface area contributed by atoms with Crippen LogP contribution in [-0.2, 0) is 10.5 Å². The van der Waals surface area contributed by atoms with Gasteiger partial charge < -0.3 is 4.42 Å². The predicted molar refractivity (Wildman–Crippen MR) is 106 cm³/mol. The molecule has 0 bridgehead atoms. The highest BCUT2D eigenvalue weighted by Crippen LogP contribution is 2.30. The van der Waals surface area contributed by atoms with Gasteiger partial charge in [0.05, 0.1) is 18.2 Å². The van der Waals surface area contributed by atoms with Crippen LogP contribution in [0.4, 0.5) is 0 Å². The molecule has 1 aromatic carbocycles. The van der Waals surface area contributed by atoms with E-state index in [-0.39, 0.29) is 11.7 Å². The molecule has 0 saturated carbocycles. The zero-order valence-corrected chi connectivity index (χ0v) is 16.4. The predicted octanol–water partition coefficient (Wildman–Crippen LogP) is 3.97. The van der Waals surface area contributed by atoms with E-state index in [1.54, 1.807) is 30.2 Å². The Morgan fingerprint density at radius 1 is 1.23 bits per heavy atom. The molecule has 0 aliphatic rings. The average Bonchev–Trinajstić information content (AvgIpc) is 3.31. The third-order valence-corrected chi connectivity index (χ3v) is 6.38. The Hall–Kier alpha value is -2.10. The number of benzene rings is 1. The normalized spacial score (nSPS) is 11.1. The minimum Gasteiger partial charge on any atom is -0.463 e.